The summed E-state index contributed by atoms with van der Waals surface area (Å²) in [5.41, 5.74) is 0. The Balaban J connectivity index is 1.44. The number of hydrogen-bond acceptors (Lipinski definition) is 18. The van der Waals surface area contributed by atoms with Crippen molar-refractivity contribution in [2.24, 2.45) is 0 Å². The fourth-order valence-corrected chi connectivity index (χ4v) is 10.9. The predicted octanol–water partition coefficient (Wildman–Crippen LogP) is 6.16. The van der Waals surface area contributed by atoms with Crippen LogP contribution in [0.2, 0.25) is 0 Å². The molecule has 466 valence electrons. The van der Waals surface area contributed by atoms with E-state index in [1.807, 2.05) is 0 Å². The second-order valence-electron chi connectivity index (χ2n) is 22.9. The highest BCUT2D eigenvalue weighted by molar-refractivity contribution is 5.76. The quantitative estimate of drug-likeness (QED) is 0.0240. The molecule has 79 heavy (non-hydrogen) atoms. The lowest BCUT2D eigenvalue weighted by Gasteiger charge is -2.48. The number of ether oxygens (including phenoxy) is 6. The number of allylic oxidation sites excluding steroid dienone is 2. The number of amides is 1. The van der Waals surface area contributed by atoms with Gasteiger partial charge in [-0.15, -0.1) is 0 Å². The van der Waals surface area contributed by atoms with Crippen LogP contribution in [0.3, 0.4) is 0 Å². The summed E-state index contributed by atoms with van der Waals surface area (Å²) in [6, 6.07) is -0.887. The van der Waals surface area contributed by atoms with E-state index in [1.165, 1.54) is 135 Å². The largest absolute Gasteiger partial charge is 0.394 e. The van der Waals surface area contributed by atoms with Crippen LogP contribution in [0, 0.1) is 0 Å². The summed E-state index contributed by atoms with van der Waals surface area (Å²) in [5.74, 6) is -0.252. The van der Waals surface area contributed by atoms with Crippen molar-refractivity contribution in [3.63, 3.8) is 0 Å². The fourth-order valence-electron chi connectivity index (χ4n) is 10.9. The molecule has 3 aliphatic heterocycles. The van der Waals surface area contributed by atoms with E-state index in [0.717, 1.165) is 64.2 Å². The number of aliphatic hydroxyl groups excluding tert-OH is 11. The number of rotatable bonds is 47. The third-order valence-corrected chi connectivity index (χ3v) is 16.1. The van der Waals surface area contributed by atoms with Gasteiger partial charge in [-0.1, -0.05) is 206 Å². The zero-order chi connectivity index (χ0) is 57.6. The fraction of sp³-hybridized carbons (Fsp3) is 0.950. The second kappa shape index (κ2) is 44.1. The molecule has 0 spiro atoms. The van der Waals surface area contributed by atoms with Crippen LogP contribution >= 0.6 is 0 Å². The number of carbonyl (C=O) groups is 1. The molecule has 0 bridgehead atoms. The lowest BCUT2D eigenvalue weighted by atomic mass is 9.96. The van der Waals surface area contributed by atoms with Gasteiger partial charge in [-0.25, -0.2) is 0 Å². The maximum atomic E-state index is 13.3. The molecular weight excluding hydrogens is 1020 g/mol. The Morgan fingerprint density at radius 3 is 1.27 bits per heavy atom. The van der Waals surface area contributed by atoms with E-state index in [2.05, 4.69) is 31.3 Å². The molecule has 17 atom stereocenters. The van der Waals surface area contributed by atoms with E-state index in [4.69, 9.17) is 28.4 Å². The summed E-state index contributed by atoms with van der Waals surface area (Å²) < 4.78 is 34.3. The minimum atomic E-state index is -1.97. The Morgan fingerprint density at radius 1 is 0.443 bits per heavy atom. The zero-order valence-electron chi connectivity index (χ0n) is 48.6. The monoisotopic (exact) mass is 1140 g/mol. The first kappa shape index (κ1) is 71.8. The van der Waals surface area contributed by atoms with E-state index in [0.29, 0.717) is 12.8 Å². The van der Waals surface area contributed by atoms with Crippen LogP contribution in [0.5, 0.6) is 0 Å². The van der Waals surface area contributed by atoms with Gasteiger partial charge < -0.3 is 89.9 Å². The molecule has 0 aromatic heterocycles. The molecule has 0 radical (unpaired) electrons. The van der Waals surface area contributed by atoms with Gasteiger partial charge in [0.1, 0.15) is 73.2 Å². The highest BCUT2D eigenvalue weighted by Crippen LogP contribution is 2.33. The van der Waals surface area contributed by atoms with Crippen molar-refractivity contribution < 1.29 is 89.4 Å². The van der Waals surface area contributed by atoms with E-state index >= 15 is 0 Å². The van der Waals surface area contributed by atoms with Gasteiger partial charge in [0.25, 0.3) is 0 Å². The molecule has 1 amide bonds. The third kappa shape index (κ3) is 27.9. The molecule has 19 heteroatoms. The van der Waals surface area contributed by atoms with Gasteiger partial charge in [0, 0.05) is 6.42 Å². The number of hydrogen-bond donors (Lipinski definition) is 12. The SMILES string of the molecule is CCCC/C=C\CCCCCCCC(=O)NC(COC1OC(CO)C(OC2OC(CO)C(OC3OC(CO)C(O)C(O)C3O)C(O)C2O)C(O)C1O)C(O)CCCCCCCCCCCCCCCCCCCCCCCCC. The van der Waals surface area contributed by atoms with Crippen molar-refractivity contribution >= 4 is 5.91 Å². The highest BCUT2D eigenvalue weighted by atomic mass is 16.8. The molecule has 0 aromatic carbocycles. The van der Waals surface area contributed by atoms with E-state index < -0.39 is 124 Å². The minimum absolute atomic E-state index is 0.252. The van der Waals surface area contributed by atoms with Gasteiger partial charge in [0.05, 0.1) is 38.6 Å². The van der Waals surface area contributed by atoms with Gasteiger partial charge >= 0.3 is 0 Å². The number of aliphatic hydroxyl groups is 11. The standard InChI is InChI=1S/C60H113NO18/c1-3-5-7-9-11-13-15-16-17-18-19-20-21-22-23-24-25-26-28-29-31-33-35-37-44(65)43(61-48(66)38-36-34-32-30-27-14-12-10-8-6-4-2)42-74-58-54(72)51(69)56(46(40-63)76-58)79-60-55(73)52(70)57(47(41-64)77-60)78-59-53(71)50(68)49(67)45(39-62)75-59/h10,12,43-47,49-60,62-65,67-73H,3-9,11,13-42H2,1-2H3,(H,61,66)/b12-10-. The summed E-state index contributed by atoms with van der Waals surface area (Å²) in [6.07, 6.45) is 17.4. The van der Waals surface area contributed by atoms with Gasteiger partial charge in [0.2, 0.25) is 5.91 Å². The van der Waals surface area contributed by atoms with Crippen LogP contribution in [0.1, 0.15) is 232 Å². The van der Waals surface area contributed by atoms with Gasteiger partial charge in [0.15, 0.2) is 18.9 Å². The van der Waals surface area contributed by atoms with Crippen LogP contribution in [0.25, 0.3) is 0 Å². The maximum absolute atomic E-state index is 13.3. The molecule has 0 saturated carbocycles. The summed E-state index contributed by atoms with van der Waals surface area (Å²) in [7, 11) is 0. The lowest BCUT2D eigenvalue weighted by Crippen LogP contribution is -2.66. The van der Waals surface area contributed by atoms with E-state index in [-0.39, 0.29) is 18.9 Å². The molecule has 17 unspecified atom stereocenters. The number of carbonyl (C=O) groups excluding carboxylic acids is 1. The van der Waals surface area contributed by atoms with E-state index in [1.54, 1.807) is 0 Å². The maximum Gasteiger partial charge on any atom is 0.220 e. The van der Waals surface area contributed by atoms with E-state index in [9.17, 15) is 61.0 Å². The molecule has 3 heterocycles. The first-order chi connectivity index (χ1) is 38.3. The molecular formula is C60H113NO18. The predicted molar refractivity (Wildman–Crippen MR) is 300 cm³/mol. The normalized spacial score (nSPS) is 30.3. The molecule has 3 rings (SSSR count). The molecule has 19 nitrogen and oxygen atoms in total. The van der Waals surface area contributed by atoms with Crippen LogP contribution in [0.15, 0.2) is 12.2 Å². The van der Waals surface area contributed by atoms with Crippen LogP contribution in [0.4, 0.5) is 0 Å². The Labute approximate surface area is 474 Å². The topological polar surface area (TPSA) is 307 Å². The Bertz CT molecular complexity index is 1500. The third-order valence-electron chi connectivity index (χ3n) is 16.1. The molecule has 12 N–H and O–H groups in total. The Morgan fingerprint density at radius 2 is 0.810 bits per heavy atom. The zero-order valence-corrected chi connectivity index (χ0v) is 48.6. The van der Waals surface area contributed by atoms with Gasteiger partial charge in [-0.3, -0.25) is 4.79 Å². The van der Waals surface area contributed by atoms with Crippen molar-refractivity contribution in [1.29, 1.82) is 0 Å². The average molecular weight is 1140 g/mol. The van der Waals surface area contributed by atoms with Crippen LogP contribution in [-0.4, -0.2) is 193 Å². The smallest absolute Gasteiger partial charge is 0.220 e. The summed E-state index contributed by atoms with van der Waals surface area (Å²) in [5, 5.41) is 120. The number of unbranched alkanes of at least 4 members (excludes halogenated alkanes) is 29. The van der Waals surface area contributed by atoms with Gasteiger partial charge in [-0.2, -0.15) is 0 Å². The summed E-state index contributed by atoms with van der Waals surface area (Å²) in [6.45, 7) is 1.75. The average Bonchev–Trinajstić information content (AvgIpc) is 3.55. The van der Waals surface area contributed by atoms with Crippen molar-refractivity contribution in [3.8, 4) is 0 Å². The lowest BCUT2D eigenvalue weighted by molar-refractivity contribution is -0.379. The second-order valence-corrected chi connectivity index (χ2v) is 22.9. The summed E-state index contributed by atoms with van der Waals surface area (Å²) >= 11 is 0. The Hall–Kier alpha value is -1.47. The number of nitrogens with one attached hydrogen (secondary N) is 1. The van der Waals surface area contributed by atoms with Crippen molar-refractivity contribution in [1.82, 2.24) is 5.32 Å². The van der Waals surface area contributed by atoms with Crippen LogP contribution in [-0.2, 0) is 33.2 Å². The first-order valence-corrected chi connectivity index (χ1v) is 31.4. The van der Waals surface area contributed by atoms with Crippen molar-refractivity contribution in [2.45, 2.75) is 336 Å². The first-order valence-electron chi connectivity index (χ1n) is 31.4. The van der Waals surface area contributed by atoms with Crippen molar-refractivity contribution in [3.05, 3.63) is 12.2 Å². The van der Waals surface area contributed by atoms with Crippen molar-refractivity contribution in [2.75, 3.05) is 26.4 Å². The van der Waals surface area contributed by atoms with Crippen LogP contribution < -0.4 is 5.32 Å². The highest BCUT2D eigenvalue weighted by Gasteiger charge is 2.53. The molecule has 3 saturated heterocycles. The summed E-state index contributed by atoms with van der Waals surface area (Å²) in [4.78, 5) is 13.3. The molecule has 0 aromatic rings. The Kier molecular flexibility index (Phi) is 40.1. The molecule has 3 fully saturated rings. The molecule has 0 aliphatic carbocycles. The minimum Gasteiger partial charge on any atom is -0.394 e. The molecule has 3 aliphatic rings. The van der Waals surface area contributed by atoms with Gasteiger partial charge in [-0.05, 0) is 32.1 Å².